The third kappa shape index (κ3) is 3.30. The van der Waals surface area contributed by atoms with E-state index >= 15 is 0 Å². The molecule has 1 amide bonds. The number of aryl methyl sites for hydroxylation is 2. The highest BCUT2D eigenvalue weighted by Gasteiger charge is 2.14. The number of ether oxygens (including phenoxy) is 1. The summed E-state index contributed by atoms with van der Waals surface area (Å²) in [5, 5.41) is 6.64. The lowest BCUT2D eigenvalue weighted by Crippen LogP contribution is -2.12. The average molecular weight is 322 g/mol. The highest BCUT2D eigenvalue weighted by Crippen LogP contribution is 2.24. The fourth-order valence-electron chi connectivity index (χ4n) is 2.31. The van der Waals surface area contributed by atoms with Crippen LogP contribution in [0.25, 0.3) is 11.3 Å². The van der Waals surface area contributed by atoms with Gasteiger partial charge in [-0.05, 0) is 43.2 Å². The summed E-state index contributed by atoms with van der Waals surface area (Å²) in [6, 6.07) is 14.8. The number of carbonyl (C=O) groups excluding carboxylic acids is 1. The number of amides is 1. The predicted molar refractivity (Wildman–Crippen MR) is 92.4 cm³/mol. The van der Waals surface area contributed by atoms with E-state index in [0.717, 1.165) is 11.1 Å². The molecule has 0 aliphatic heterocycles. The van der Waals surface area contributed by atoms with Crippen molar-refractivity contribution in [1.82, 2.24) is 5.16 Å². The van der Waals surface area contributed by atoms with Crippen molar-refractivity contribution in [1.29, 1.82) is 0 Å². The number of aromatic nitrogens is 1. The summed E-state index contributed by atoms with van der Waals surface area (Å²) in [6.45, 7) is 4.08. The number of anilines is 1. The van der Waals surface area contributed by atoms with Gasteiger partial charge in [-0.2, -0.15) is 0 Å². The molecule has 0 aliphatic rings. The van der Waals surface area contributed by atoms with Gasteiger partial charge in [-0.3, -0.25) is 4.79 Å². The third-order valence-corrected chi connectivity index (χ3v) is 3.86. The first kappa shape index (κ1) is 15.8. The van der Waals surface area contributed by atoms with Gasteiger partial charge in [0.05, 0.1) is 7.11 Å². The zero-order valence-corrected chi connectivity index (χ0v) is 13.8. The molecule has 0 fully saturated rings. The van der Waals surface area contributed by atoms with Crippen molar-refractivity contribution in [3.8, 4) is 17.1 Å². The van der Waals surface area contributed by atoms with Crippen LogP contribution in [0.3, 0.4) is 0 Å². The molecule has 0 bridgehead atoms. The molecule has 0 saturated carbocycles. The number of nitrogens with zero attached hydrogens (tertiary/aromatic N) is 1. The topological polar surface area (TPSA) is 64.4 Å². The fraction of sp³-hybridized carbons (Fsp3) is 0.158. The van der Waals surface area contributed by atoms with Crippen LogP contribution in [-0.2, 0) is 0 Å². The van der Waals surface area contributed by atoms with Crippen LogP contribution in [0.4, 0.5) is 5.69 Å². The average Bonchev–Trinajstić information content (AvgIpc) is 3.08. The van der Waals surface area contributed by atoms with Gasteiger partial charge in [0.1, 0.15) is 5.75 Å². The van der Waals surface area contributed by atoms with E-state index in [1.54, 1.807) is 31.4 Å². The summed E-state index contributed by atoms with van der Waals surface area (Å²) in [5.74, 6) is 0.903. The number of methoxy groups -OCH3 is 1. The summed E-state index contributed by atoms with van der Waals surface area (Å²) >= 11 is 0. The molecule has 0 atom stereocenters. The monoisotopic (exact) mass is 322 g/mol. The molecule has 24 heavy (non-hydrogen) atoms. The largest absolute Gasteiger partial charge is 0.497 e. The second-order valence-corrected chi connectivity index (χ2v) is 5.56. The van der Waals surface area contributed by atoms with E-state index in [4.69, 9.17) is 9.26 Å². The quantitative estimate of drug-likeness (QED) is 0.781. The minimum absolute atomic E-state index is 0.228. The number of benzene rings is 2. The second-order valence-electron chi connectivity index (χ2n) is 5.56. The number of hydrogen-bond acceptors (Lipinski definition) is 4. The Bertz CT molecular complexity index is 884. The lowest BCUT2D eigenvalue weighted by atomic mass is 10.0. The molecule has 0 aliphatic carbocycles. The van der Waals surface area contributed by atoms with E-state index in [1.165, 1.54) is 5.56 Å². The van der Waals surface area contributed by atoms with Crippen molar-refractivity contribution in [2.24, 2.45) is 0 Å². The number of hydrogen-bond donors (Lipinski definition) is 1. The first-order valence-corrected chi connectivity index (χ1v) is 7.56. The van der Waals surface area contributed by atoms with Crippen LogP contribution in [0.2, 0.25) is 0 Å². The SMILES string of the molecule is COc1cccc(NC(=O)c2cc(-c3ccc(C)c(C)c3)on2)c1. The van der Waals surface area contributed by atoms with Crippen LogP contribution in [-0.4, -0.2) is 18.2 Å². The van der Waals surface area contributed by atoms with Crippen molar-refractivity contribution in [2.45, 2.75) is 13.8 Å². The molecule has 0 spiro atoms. The van der Waals surface area contributed by atoms with E-state index in [9.17, 15) is 4.79 Å². The predicted octanol–water partition coefficient (Wildman–Crippen LogP) is 4.22. The first-order valence-electron chi connectivity index (χ1n) is 7.56. The molecule has 1 N–H and O–H groups in total. The van der Waals surface area contributed by atoms with Crippen LogP contribution in [0.1, 0.15) is 21.6 Å². The maximum Gasteiger partial charge on any atom is 0.277 e. The van der Waals surface area contributed by atoms with Crippen LogP contribution in [0.5, 0.6) is 5.75 Å². The van der Waals surface area contributed by atoms with Gasteiger partial charge in [-0.15, -0.1) is 0 Å². The van der Waals surface area contributed by atoms with E-state index in [0.29, 0.717) is 17.2 Å². The van der Waals surface area contributed by atoms with Crippen molar-refractivity contribution < 1.29 is 14.1 Å². The van der Waals surface area contributed by atoms with Gasteiger partial charge in [-0.25, -0.2) is 0 Å². The summed E-state index contributed by atoms with van der Waals surface area (Å²) in [7, 11) is 1.58. The molecule has 0 unspecified atom stereocenters. The molecule has 1 heterocycles. The van der Waals surface area contributed by atoms with Crippen LogP contribution in [0, 0.1) is 13.8 Å². The Morgan fingerprint density at radius 1 is 1.08 bits per heavy atom. The Morgan fingerprint density at radius 3 is 2.67 bits per heavy atom. The maximum atomic E-state index is 12.3. The highest BCUT2D eigenvalue weighted by atomic mass is 16.5. The van der Waals surface area contributed by atoms with Gasteiger partial charge < -0.3 is 14.6 Å². The Balaban J connectivity index is 1.79. The van der Waals surface area contributed by atoms with Gasteiger partial charge >= 0.3 is 0 Å². The maximum absolute atomic E-state index is 12.3. The Hall–Kier alpha value is -3.08. The van der Waals surface area contributed by atoms with Gasteiger partial charge in [0, 0.05) is 23.4 Å². The highest BCUT2D eigenvalue weighted by molar-refractivity contribution is 6.03. The molecule has 0 saturated heterocycles. The summed E-state index contributed by atoms with van der Waals surface area (Å²) in [6.07, 6.45) is 0. The number of carbonyl (C=O) groups is 1. The summed E-state index contributed by atoms with van der Waals surface area (Å²) in [5.41, 5.74) is 4.12. The van der Waals surface area contributed by atoms with Gasteiger partial charge in [0.2, 0.25) is 0 Å². The van der Waals surface area contributed by atoms with Gasteiger partial charge in [-0.1, -0.05) is 23.4 Å². The summed E-state index contributed by atoms with van der Waals surface area (Å²) in [4.78, 5) is 12.3. The Kier molecular flexibility index (Phi) is 4.33. The normalized spacial score (nSPS) is 10.5. The minimum Gasteiger partial charge on any atom is -0.497 e. The summed E-state index contributed by atoms with van der Waals surface area (Å²) < 4.78 is 10.5. The lowest BCUT2D eigenvalue weighted by Gasteiger charge is -2.04. The number of nitrogens with one attached hydrogen (secondary N) is 1. The Morgan fingerprint density at radius 2 is 1.92 bits per heavy atom. The molecule has 3 aromatic rings. The van der Waals surface area contributed by atoms with E-state index in [2.05, 4.69) is 10.5 Å². The van der Waals surface area contributed by atoms with Crippen molar-refractivity contribution in [2.75, 3.05) is 12.4 Å². The van der Waals surface area contributed by atoms with E-state index in [-0.39, 0.29) is 11.6 Å². The second kappa shape index (κ2) is 6.58. The smallest absolute Gasteiger partial charge is 0.277 e. The van der Waals surface area contributed by atoms with Crippen LogP contribution in [0.15, 0.2) is 53.1 Å². The third-order valence-electron chi connectivity index (χ3n) is 3.86. The molecule has 122 valence electrons. The van der Waals surface area contributed by atoms with Gasteiger partial charge in [0.15, 0.2) is 11.5 Å². The molecule has 0 radical (unpaired) electrons. The van der Waals surface area contributed by atoms with Crippen LogP contribution < -0.4 is 10.1 Å². The molecule has 1 aromatic heterocycles. The molecule has 3 rings (SSSR count). The fourth-order valence-corrected chi connectivity index (χ4v) is 2.31. The standard InChI is InChI=1S/C19H18N2O3/c1-12-7-8-14(9-13(12)2)18-11-17(21-24-18)19(22)20-15-5-4-6-16(10-15)23-3/h4-11H,1-3H3,(H,20,22). The molecule has 2 aromatic carbocycles. The van der Waals surface area contributed by atoms with Crippen molar-refractivity contribution in [3.05, 3.63) is 65.4 Å². The van der Waals surface area contributed by atoms with E-state index in [1.807, 2.05) is 38.1 Å². The lowest BCUT2D eigenvalue weighted by molar-refractivity contribution is 0.101. The molecule has 5 heteroatoms. The van der Waals surface area contributed by atoms with E-state index < -0.39 is 0 Å². The zero-order chi connectivity index (χ0) is 17.1. The first-order chi connectivity index (χ1) is 11.6. The minimum atomic E-state index is -0.331. The van der Waals surface area contributed by atoms with Gasteiger partial charge in [0.25, 0.3) is 5.91 Å². The zero-order valence-electron chi connectivity index (χ0n) is 13.8. The van der Waals surface area contributed by atoms with Crippen molar-refractivity contribution >= 4 is 11.6 Å². The Labute approximate surface area is 140 Å². The number of rotatable bonds is 4. The van der Waals surface area contributed by atoms with Crippen LogP contribution >= 0.6 is 0 Å². The molecular formula is C19H18N2O3. The molecule has 5 nitrogen and oxygen atoms in total. The molecular weight excluding hydrogens is 304 g/mol. The van der Waals surface area contributed by atoms with Crippen molar-refractivity contribution in [3.63, 3.8) is 0 Å².